The van der Waals surface area contributed by atoms with E-state index in [-0.39, 0.29) is 11.9 Å². The summed E-state index contributed by atoms with van der Waals surface area (Å²) in [5.41, 5.74) is 0. The molecule has 0 spiro atoms. The van der Waals surface area contributed by atoms with Crippen molar-refractivity contribution >= 4 is 5.91 Å². The molecule has 1 aliphatic heterocycles. The van der Waals surface area contributed by atoms with Crippen LogP contribution in [0.3, 0.4) is 0 Å². The molecule has 2 N–H and O–H groups in total. The van der Waals surface area contributed by atoms with Gasteiger partial charge in [0.25, 0.3) is 0 Å². The van der Waals surface area contributed by atoms with E-state index in [1.54, 1.807) is 0 Å². The zero-order chi connectivity index (χ0) is 12.4. The number of fused-ring (bicyclic) bond motifs is 1. The molecule has 3 atom stereocenters. The molecule has 0 bridgehead atoms. The largest absolute Gasteiger partial charge is 0.352 e. The van der Waals surface area contributed by atoms with Gasteiger partial charge in [0.15, 0.2) is 0 Å². The topological polar surface area (TPSA) is 41.1 Å². The molecule has 3 heteroatoms. The Balaban J connectivity index is 1.54. The van der Waals surface area contributed by atoms with Crippen LogP contribution in [0.1, 0.15) is 57.8 Å². The number of hydrogen-bond acceptors (Lipinski definition) is 2. The van der Waals surface area contributed by atoms with Gasteiger partial charge in [-0.3, -0.25) is 4.79 Å². The van der Waals surface area contributed by atoms with Crippen LogP contribution in [0.25, 0.3) is 0 Å². The van der Waals surface area contributed by atoms with Gasteiger partial charge < -0.3 is 10.6 Å². The fourth-order valence-corrected chi connectivity index (χ4v) is 4.19. The molecule has 3 fully saturated rings. The summed E-state index contributed by atoms with van der Waals surface area (Å²) in [5.74, 6) is 1.68. The third-order valence-corrected chi connectivity index (χ3v) is 5.23. The number of hydrogen-bond donors (Lipinski definition) is 2. The lowest BCUT2D eigenvalue weighted by atomic mass is 9.93. The van der Waals surface area contributed by atoms with Crippen molar-refractivity contribution in [3.63, 3.8) is 0 Å². The average molecular weight is 250 g/mol. The van der Waals surface area contributed by atoms with Gasteiger partial charge in [-0.05, 0) is 44.1 Å². The van der Waals surface area contributed by atoms with Crippen molar-refractivity contribution in [2.24, 2.45) is 11.8 Å². The van der Waals surface area contributed by atoms with Crippen LogP contribution in [-0.2, 0) is 4.79 Å². The van der Waals surface area contributed by atoms with E-state index in [0.29, 0.717) is 12.0 Å². The predicted octanol–water partition coefficient (Wildman–Crippen LogP) is 2.21. The third-order valence-electron chi connectivity index (χ3n) is 5.23. The molecule has 3 nitrogen and oxygen atoms in total. The van der Waals surface area contributed by atoms with Gasteiger partial charge in [0.2, 0.25) is 5.91 Å². The molecule has 1 heterocycles. The van der Waals surface area contributed by atoms with Crippen molar-refractivity contribution in [1.29, 1.82) is 0 Å². The molecule has 2 aliphatic carbocycles. The lowest BCUT2D eigenvalue weighted by Gasteiger charge is -2.22. The molecule has 1 amide bonds. The van der Waals surface area contributed by atoms with Crippen LogP contribution in [0.15, 0.2) is 0 Å². The molecule has 18 heavy (non-hydrogen) atoms. The smallest absolute Gasteiger partial charge is 0.237 e. The van der Waals surface area contributed by atoms with Crippen LogP contribution >= 0.6 is 0 Å². The first kappa shape index (κ1) is 12.5. The number of carbonyl (C=O) groups is 1. The van der Waals surface area contributed by atoms with E-state index < -0.39 is 0 Å². The second-order valence-corrected chi connectivity index (χ2v) is 6.44. The van der Waals surface area contributed by atoms with Gasteiger partial charge in [-0.2, -0.15) is 0 Å². The maximum absolute atomic E-state index is 12.4. The third kappa shape index (κ3) is 2.56. The van der Waals surface area contributed by atoms with Gasteiger partial charge in [0, 0.05) is 6.04 Å². The minimum atomic E-state index is 0.112. The Kier molecular flexibility index (Phi) is 3.88. The standard InChI is InChI=1S/C15H26N2O/c18-15(17-12-7-3-1-2-4-8-12)14-13-9-5-6-11(13)10-16-14/h11-14,16H,1-10H2,(H,17,18). The average Bonchev–Trinajstić information content (AvgIpc) is 2.87. The maximum Gasteiger partial charge on any atom is 0.237 e. The Morgan fingerprint density at radius 3 is 2.50 bits per heavy atom. The van der Waals surface area contributed by atoms with Crippen molar-refractivity contribution in [3.05, 3.63) is 0 Å². The van der Waals surface area contributed by atoms with Crippen LogP contribution in [0.4, 0.5) is 0 Å². The fourth-order valence-electron chi connectivity index (χ4n) is 4.19. The Hall–Kier alpha value is -0.570. The zero-order valence-electron chi connectivity index (χ0n) is 11.3. The molecule has 0 aromatic rings. The summed E-state index contributed by atoms with van der Waals surface area (Å²) < 4.78 is 0. The van der Waals surface area contributed by atoms with Gasteiger partial charge in [-0.1, -0.05) is 32.1 Å². The van der Waals surface area contributed by atoms with Gasteiger partial charge in [-0.25, -0.2) is 0 Å². The van der Waals surface area contributed by atoms with Crippen LogP contribution in [0.2, 0.25) is 0 Å². The lowest BCUT2D eigenvalue weighted by molar-refractivity contribution is -0.124. The molecule has 3 rings (SSSR count). The molecule has 0 radical (unpaired) electrons. The van der Waals surface area contributed by atoms with E-state index in [4.69, 9.17) is 0 Å². The number of rotatable bonds is 2. The summed E-state index contributed by atoms with van der Waals surface area (Å²) in [6.45, 7) is 1.06. The lowest BCUT2D eigenvalue weighted by Crippen LogP contribution is -2.47. The number of carbonyl (C=O) groups excluding carboxylic acids is 1. The van der Waals surface area contributed by atoms with Crippen molar-refractivity contribution in [3.8, 4) is 0 Å². The summed E-state index contributed by atoms with van der Waals surface area (Å²) in [6, 6.07) is 0.558. The Bertz CT molecular complexity index is 297. The zero-order valence-corrected chi connectivity index (χ0v) is 11.3. The summed E-state index contributed by atoms with van der Waals surface area (Å²) in [6.07, 6.45) is 11.5. The summed E-state index contributed by atoms with van der Waals surface area (Å²) in [5, 5.41) is 6.76. The van der Waals surface area contributed by atoms with E-state index >= 15 is 0 Å². The van der Waals surface area contributed by atoms with Crippen LogP contribution < -0.4 is 10.6 Å². The molecular weight excluding hydrogens is 224 g/mol. The van der Waals surface area contributed by atoms with Crippen LogP contribution in [0, 0.1) is 11.8 Å². The molecular formula is C15H26N2O. The Morgan fingerprint density at radius 2 is 1.72 bits per heavy atom. The van der Waals surface area contributed by atoms with E-state index in [2.05, 4.69) is 10.6 Å². The minimum Gasteiger partial charge on any atom is -0.352 e. The fraction of sp³-hybridized carbons (Fsp3) is 0.933. The normalized spacial score (nSPS) is 37.2. The Labute approximate surface area is 110 Å². The van der Waals surface area contributed by atoms with Gasteiger partial charge >= 0.3 is 0 Å². The summed E-state index contributed by atoms with van der Waals surface area (Å²) in [4.78, 5) is 12.4. The predicted molar refractivity (Wildman–Crippen MR) is 72.3 cm³/mol. The first-order valence-electron chi connectivity index (χ1n) is 7.88. The molecule has 0 aromatic heterocycles. The van der Waals surface area contributed by atoms with E-state index in [1.165, 1.54) is 57.8 Å². The highest BCUT2D eigenvalue weighted by molar-refractivity contribution is 5.82. The molecule has 3 unspecified atom stereocenters. The molecule has 2 saturated carbocycles. The highest BCUT2D eigenvalue weighted by Gasteiger charge is 2.42. The maximum atomic E-state index is 12.4. The quantitative estimate of drug-likeness (QED) is 0.738. The van der Waals surface area contributed by atoms with E-state index in [1.807, 2.05) is 0 Å². The van der Waals surface area contributed by atoms with E-state index in [9.17, 15) is 4.79 Å². The first-order chi connectivity index (χ1) is 8.84. The molecule has 0 aromatic carbocycles. The van der Waals surface area contributed by atoms with Crippen LogP contribution in [-0.4, -0.2) is 24.5 Å². The first-order valence-corrected chi connectivity index (χ1v) is 7.88. The number of nitrogens with one attached hydrogen (secondary N) is 2. The highest BCUT2D eigenvalue weighted by Crippen LogP contribution is 2.37. The van der Waals surface area contributed by atoms with Crippen LogP contribution in [0.5, 0.6) is 0 Å². The van der Waals surface area contributed by atoms with Gasteiger partial charge in [-0.15, -0.1) is 0 Å². The molecule has 1 saturated heterocycles. The van der Waals surface area contributed by atoms with E-state index in [0.717, 1.165) is 12.5 Å². The minimum absolute atomic E-state index is 0.112. The Morgan fingerprint density at radius 1 is 0.944 bits per heavy atom. The second kappa shape index (κ2) is 5.60. The number of amides is 1. The van der Waals surface area contributed by atoms with Crippen molar-refractivity contribution in [2.45, 2.75) is 69.9 Å². The van der Waals surface area contributed by atoms with Crippen molar-refractivity contribution in [2.75, 3.05) is 6.54 Å². The van der Waals surface area contributed by atoms with Gasteiger partial charge in [0.05, 0.1) is 6.04 Å². The summed E-state index contributed by atoms with van der Waals surface area (Å²) in [7, 11) is 0. The van der Waals surface area contributed by atoms with Crippen molar-refractivity contribution in [1.82, 2.24) is 10.6 Å². The van der Waals surface area contributed by atoms with Gasteiger partial charge in [0.1, 0.15) is 0 Å². The second-order valence-electron chi connectivity index (χ2n) is 6.44. The molecule has 102 valence electrons. The highest BCUT2D eigenvalue weighted by atomic mass is 16.2. The SMILES string of the molecule is O=C(NC1CCCCCC1)C1NCC2CCCC21. The summed E-state index contributed by atoms with van der Waals surface area (Å²) >= 11 is 0. The van der Waals surface area contributed by atoms with Crippen molar-refractivity contribution < 1.29 is 4.79 Å². The molecule has 3 aliphatic rings. The monoisotopic (exact) mass is 250 g/mol.